The molecule has 0 spiro atoms. The molecule has 0 radical (unpaired) electrons. The van der Waals surface area contributed by atoms with Crippen molar-refractivity contribution < 1.29 is 9.59 Å². The van der Waals surface area contributed by atoms with Crippen molar-refractivity contribution in [3.05, 3.63) is 65.2 Å². The summed E-state index contributed by atoms with van der Waals surface area (Å²) < 4.78 is 0. The van der Waals surface area contributed by atoms with Gasteiger partial charge in [-0.05, 0) is 30.5 Å². The predicted molar refractivity (Wildman–Crippen MR) is 93.9 cm³/mol. The molecule has 0 fully saturated rings. The van der Waals surface area contributed by atoms with Crippen molar-refractivity contribution in [2.24, 2.45) is 0 Å². The van der Waals surface area contributed by atoms with Crippen molar-refractivity contribution in [3.8, 4) is 0 Å². The first-order valence-corrected chi connectivity index (χ1v) is 7.95. The number of benzene rings is 2. The van der Waals surface area contributed by atoms with Crippen LogP contribution in [0.25, 0.3) is 0 Å². The summed E-state index contributed by atoms with van der Waals surface area (Å²) in [5.74, 6) is 0.275. The van der Waals surface area contributed by atoms with Crippen molar-refractivity contribution >= 4 is 17.4 Å². The molecule has 0 aliphatic rings. The zero-order chi connectivity index (χ0) is 16.8. The first-order chi connectivity index (χ1) is 11.0. The van der Waals surface area contributed by atoms with Gasteiger partial charge >= 0.3 is 0 Å². The SMILES string of the molecule is Cc1ccc(C(=O)CCC(=O)Nc2cccc(C(C)C)c2)cc1. The number of Topliss-reactive ketones (excluding diaryl/α,β-unsaturated/α-hetero) is 1. The average Bonchev–Trinajstić information content (AvgIpc) is 2.53. The van der Waals surface area contributed by atoms with Crippen LogP contribution < -0.4 is 5.32 Å². The smallest absolute Gasteiger partial charge is 0.224 e. The normalized spacial score (nSPS) is 10.6. The third-order valence-electron chi connectivity index (χ3n) is 3.79. The van der Waals surface area contributed by atoms with Crippen LogP contribution in [0.2, 0.25) is 0 Å². The van der Waals surface area contributed by atoms with Gasteiger partial charge in [-0.3, -0.25) is 9.59 Å². The Hall–Kier alpha value is -2.42. The number of nitrogens with one attached hydrogen (secondary N) is 1. The molecule has 0 bridgehead atoms. The van der Waals surface area contributed by atoms with Crippen molar-refractivity contribution in [3.63, 3.8) is 0 Å². The summed E-state index contributed by atoms with van der Waals surface area (Å²) in [5.41, 5.74) is 3.73. The van der Waals surface area contributed by atoms with Crippen LogP contribution in [0.1, 0.15) is 54.1 Å². The molecule has 0 aliphatic carbocycles. The Morgan fingerprint density at radius 2 is 1.70 bits per heavy atom. The zero-order valence-electron chi connectivity index (χ0n) is 13.9. The molecule has 2 aromatic rings. The van der Waals surface area contributed by atoms with Gasteiger partial charge in [0.15, 0.2) is 5.78 Å². The predicted octanol–water partition coefficient (Wildman–Crippen LogP) is 4.72. The van der Waals surface area contributed by atoms with Crippen LogP contribution in [0, 0.1) is 6.92 Å². The molecule has 0 saturated heterocycles. The summed E-state index contributed by atoms with van der Waals surface area (Å²) >= 11 is 0. The van der Waals surface area contributed by atoms with Gasteiger partial charge in [-0.2, -0.15) is 0 Å². The molecule has 0 unspecified atom stereocenters. The third-order valence-corrected chi connectivity index (χ3v) is 3.79. The Kier molecular flexibility index (Phi) is 5.69. The largest absolute Gasteiger partial charge is 0.326 e. The maximum Gasteiger partial charge on any atom is 0.224 e. The number of ketones is 1. The number of carbonyl (C=O) groups excluding carboxylic acids is 2. The maximum atomic E-state index is 12.1. The van der Waals surface area contributed by atoms with Crippen LogP contribution in [0.5, 0.6) is 0 Å². The molecule has 2 rings (SSSR count). The number of amides is 1. The second kappa shape index (κ2) is 7.73. The Bertz CT molecular complexity index is 687. The van der Waals surface area contributed by atoms with E-state index in [1.165, 1.54) is 5.56 Å². The van der Waals surface area contributed by atoms with Crippen molar-refractivity contribution in [2.45, 2.75) is 39.5 Å². The molecule has 0 aliphatic heterocycles. The molecular formula is C20H23NO2. The van der Waals surface area contributed by atoms with Crippen LogP contribution in [0.15, 0.2) is 48.5 Å². The fourth-order valence-corrected chi connectivity index (χ4v) is 2.31. The third kappa shape index (κ3) is 5.06. The molecule has 1 N–H and O–H groups in total. The molecule has 3 nitrogen and oxygen atoms in total. The highest BCUT2D eigenvalue weighted by molar-refractivity contribution is 6.00. The standard InChI is InChI=1S/C20H23NO2/c1-14(2)17-5-4-6-18(13-17)21-20(23)12-11-19(22)16-9-7-15(3)8-10-16/h4-10,13-14H,11-12H2,1-3H3,(H,21,23). The number of rotatable bonds is 6. The van der Waals surface area contributed by atoms with E-state index in [0.29, 0.717) is 11.5 Å². The first kappa shape index (κ1) is 16.9. The topological polar surface area (TPSA) is 46.2 Å². The summed E-state index contributed by atoms with van der Waals surface area (Å²) in [6.07, 6.45) is 0.414. The number of aryl methyl sites for hydroxylation is 1. The minimum atomic E-state index is -0.133. The monoisotopic (exact) mass is 309 g/mol. The summed E-state index contributed by atoms with van der Waals surface area (Å²) in [5, 5.41) is 2.86. The lowest BCUT2D eigenvalue weighted by Gasteiger charge is -2.09. The van der Waals surface area contributed by atoms with Crippen LogP contribution in [-0.4, -0.2) is 11.7 Å². The van der Waals surface area contributed by atoms with E-state index in [-0.39, 0.29) is 24.5 Å². The fourth-order valence-electron chi connectivity index (χ4n) is 2.31. The minimum absolute atomic E-state index is 0.00363. The highest BCUT2D eigenvalue weighted by Crippen LogP contribution is 2.18. The molecule has 0 heterocycles. The van der Waals surface area contributed by atoms with Gasteiger partial charge in [0.1, 0.15) is 0 Å². The number of anilines is 1. The van der Waals surface area contributed by atoms with E-state index in [1.54, 1.807) is 0 Å². The van der Waals surface area contributed by atoms with E-state index in [1.807, 2.05) is 55.5 Å². The maximum absolute atomic E-state index is 12.1. The van der Waals surface area contributed by atoms with E-state index in [9.17, 15) is 9.59 Å². The zero-order valence-corrected chi connectivity index (χ0v) is 13.9. The van der Waals surface area contributed by atoms with Gasteiger partial charge in [-0.15, -0.1) is 0 Å². The minimum Gasteiger partial charge on any atom is -0.326 e. The number of carbonyl (C=O) groups is 2. The van der Waals surface area contributed by atoms with Crippen LogP contribution in [0.4, 0.5) is 5.69 Å². The van der Waals surface area contributed by atoms with Crippen LogP contribution in [0.3, 0.4) is 0 Å². The Labute approximate surface area is 137 Å². The summed E-state index contributed by atoms with van der Waals surface area (Å²) in [6, 6.07) is 15.2. The van der Waals surface area contributed by atoms with Crippen molar-refractivity contribution in [1.29, 1.82) is 0 Å². The van der Waals surface area contributed by atoms with Gasteiger partial charge in [-0.1, -0.05) is 55.8 Å². The van der Waals surface area contributed by atoms with Crippen molar-refractivity contribution in [1.82, 2.24) is 0 Å². The Morgan fingerprint density at radius 1 is 1.00 bits per heavy atom. The molecule has 2 aromatic carbocycles. The van der Waals surface area contributed by atoms with E-state index in [4.69, 9.17) is 0 Å². The average molecular weight is 309 g/mol. The Balaban J connectivity index is 1.89. The quantitative estimate of drug-likeness (QED) is 0.785. The molecular weight excluding hydrogens is 286 g/mol. The molecule has 3 heteroatoms. The van der Waals surface area contributed by atoms with E-state index >= 15 is 0 Å². The molecule has 0 atom stereocenters. The second-order valence-corrected chi connectivity index (χ2v) is 6.12. The number of hydrogen-bond donors (Lipinski definition) is 1. The van der Waals surface area contributed by atoms with Gasteiger partial charge < -0.3 is 5.32 Å². The summed E-state index contributed by atoms with van der Waals surface area (Å²) in [6.45, 7) is 6.20. The second-order valence-electron chi connectivity index (χ2n) is 6.12. The summed E-state index contributed by atoms with van der Waals surface area (Å²) in [4.78, 5) is 24.1. The van der Waals surface area contributed by atoms with Gasteiger partial charge in [0, 0.05) is 24.1 Å². The first-order valence-electron chi connectivity index (χ1n) is 7.95. The number of hydrogen-bond acceptors (Lipinski definition) is 2. The van der Waals surface area contributed by atoms with Crippen LogP contribution >= 0.6 is 0 Å². The highest BCUT2D eigenvalue weighted by Gasteiger charge is 2.10. The van der Waals surface area contributed by atoms with Gasteiger partial charge in [0.2, 0.25) is 5.91 Å². The molecule has 23 heavy (non-hydrogen) atoms. The van der Waals surface area contributed by atoms with Gasteiger partial charge in [-0.25, -0.2) is 0 Å². The summed E-state index contributed by atoms with van der Waals surface area (Å²) in [7, 11) is 0. The van der Waals surface area contributed by atoms with E-state index in [0.717, 1.165) is 11.3 Å². The molecule has 120 valence electrons. The van der Waals surface area contributed by atoms with Crippen LogP contribution in [-0.2, 0) is 4.79 Å². The molecule has 0 saturated carbocycles. The van der Waals surface area contributed by atoms with Gasteiger partial charge in [0.05, 0.1) is 0 Å². The van der Waals surface area contributed by atoms with Gasteiger partial charge in [0.25, 0.3) is 0 Å². The van der Waals surface area contributed by atoms with Crippen molar-refractivity contribution in [2.75, 3.05) is 5.32 Å². The lowest BCUT2D eigenvalue weighted by atomic mass is 10.0. The fraction of sp³-hybridized carbons (Fsp3) is 0.300. The lowest BCUT2D eigenvalue weighted by Crippen LogP contribution is -2.13. The highest BCUT2D eigenvalue weighted by atomic mass is 16.2. The van der Waals surface area contributed by atoms with E-state index in [2.05, 4.69) is 19.2 Å². The molecule has 1 amide bonds. The van der Waals surface area contributed by atoms with E-state index < -0.39 is 0 Å². The lowest BCUT2D eigenvalue weighted by molar-refractivity contribution is -0.116. The Morgan fingerprint density at radius 3 is 2.35 bits per heavy atom. The molecule has 0 aromatic heterocycles.